The molecule has 0 radical (unpaired) electrons. The first-order valence-electron chi connectivity index (χ1n) is 7.76. The van der Waals surface area contributed by atoms with Crippen molar-refractivity contribution in [2.45, 2.75) is 51.5 Å². The minimum Gasteiger partial charge on any atom is -0.350 e. The standard InChI is InChI=1S/C15H23N3OS/c19-14(6-5-11-7-8-16-9-11)17-10-15-18-12-3-1-2-4-13(12)20-15/h11,16H,1-10H2,(H,17,19). The molecule has 1 atom stereocenters. The molecule has 1 unspecified atom stereocenters. The Morgan fingerprint density at radius 1 is 1.40 bits per heavy atom. The highest BCUT2D eigenvalue weighted by Crippen LogP contribution is 2.26. The number of carbonyl (C=O) groups excluding carboxylic acids is 1. The van der Waals surface area contributed by atoms with Gasteiger partial charge in [0, 0.05) is 11.3 Å². The van der Waals surface area contributed by atoms with E-state index in [1.807, 2.05) is 0 Å². The molecule has 0 bridgehead atoms. The quantitative estimate of drug-likeness (QED) is 0.873. The van der Waals surface area contributed by atoms with Gasteiger partial charge in [0.15, 0.2) is 0 Å². The van der Waals surface area contributed by atoms with Crippen molar-refractivity contribution < 1.29 is 4.79 Å². The fourth-order valence-electron chi connectivity index (χ4n) is 3.04. The van der Waals surface area contributed by atoms with E-state index in [1.54, 1.807) is 11.3 Å². The molecule has 2 heterocycles. The SMILES string of the molecule is O=C(CCC1CCNC1)NCc1nc2c(s1)CCCC2. The fraction of sp³-hybridized carbons (Fsp3) is 0.733. The molecule has 1 aromatic heterocycles. The average Bonchev–Trinajstić information content (AvgIpc) is 3.11. The minimum atomic E-state index is 0.171. The molecule has 1 aliphatic heterocycles. The van der Waals surface area contributed by atoms with E-state index in [0.29, 0.717) is 18.9 Å². The van der Waals surface area contributed by atoms with Crippen molar-refractivity contribution in [2.24, 2.45) is 5.92 Å². The summed E-state index contributed by atoms with van der Waals surface area (Å²) in [5.41, 5.74) is 1.28. The molecule has 1 amide bonds. The van der Waals surface area contributed by atoms with Crippen LogP contribution in [0.3, 0.4) is 0 Å². The van der Waals surface area contributed by atoms with E-state index in [1.165, 1.54) is 36.3 Å². The number of aryl methyl sites for hydroxylation is 2. The van der Waals surface area contributed by atoms with Crippen LogP contribution in [0, 0.1) is 5.92 Å². The summed E-state index contributed by atoms with van der Waals surface area (Å²) in [5, 5.41) is 7.44. The van der Waals surface area contributed by atoms with Crippen LogP contribution in [0.25, 0.3) is 0 Å². The van der Waals surface area contributed by atoms with Gasteiger partial charge >= 0.3 is 0 Å². The topological polar surface area (TPSA) is 54.0 Å². The van der Waals surface area contributed by atoms with E-state index < -0.39 is 0 Å². The van der Waals surface area contributed by atoms with Crippen molar-refractivity contribution in [2.75, 3.05) is 13.1 Å². The third kappa shape index (κ3) is 3.58. The molecule has 2 N–H and O–H groups in total. The zero-order valence-corrected chi connectivity index (χ0v) is 12.7. The summed E-state index contributed by atoms with van der Waals surface area (Å²) in [5.74, 6) is 0.859. The van der Waals surface area contributed by atoms with E-state index in [4.69, 9.17) is 0 Å². The van der Waals surface area contributed by atoms with Crippen LogP contribution in [0.2, 0.25) is 0 Å². The maximum Gasteiger partial charge on any atom is 0.220 e. The molecule has 0 saturated carbocycles. The Bertz CT molecular complexity index is 442. The zero-order chi connectivity index (χ0) is 13.8. The van der Waals surface area contributed by atoms with Gasteiger partial charge in [-0.05, 0) is 57.5 Å². The van der Waals surface area contributed by atoms with E-state index in [0.717, 1.165) is 30.9 Å². The highest BCUT2D eigenvalue weighted by Gasteiger charge is 2.17. The summed E-state index contributed by atoms with van der Waals surface area (Å²) >= 11 is 1.78. The molecule has 110 valence electrons. The van der Waals surface area contributed by atoms with Crippen LogP contribution in [0.4, 0.5) is 0 Å². The molecule has 5 heteroatoms. The predicted octanol–water partition coefficient (Wildman–Crippen LogP) is 2.03. The van der Waals surface area contributed by atoms with Gasteiger partial charge in [-0.15, -0.1) is 11.3 Å². The van der Waals surface area contributed by atoms with Crippen molar-refractivity contribution in [3.8, 4) is 0 Å². The molecule has 2 aliphatic rings. The van der Waals surface area contributed by atoms with Crippen LogP contribution in [0.15, 0.2) is 0 Å². The number of amides is 1. The Labute approximate surface area is 124 Å². The molecule has 1 fully saturated rings. The lowest BCUT2D eigenvalue weighted by Gasteiger charge is -2.07. The third-order valence-electron chi connectivity index (χ3n) is 4.27. The number of fused-ring (bicyclic) bond motifs is 1. The predicted molar refractivity (Wildman–Crippen MR) is 80.8 cm³/mol. The first kappa shape index (κ1) is 14.0. The molecular weight excluding hydrogens is 270 g/mol. The van der Waals surface area contributed by atoms with E-state index in [9.17, 15) is 4.79 Å². The summed E-state index contributed by atoms with van der Waals surface area (Å²) in [4.78, 5) is 18.0. The lowest BCUT2D eigenvalue weighted by atomic mass is 10.0. The molecular formula is C15H23N3OS. The lowest BCUT2D eigenvalue weighted by Crippen LogP contribution is -2.23. The number of thiazole rings is 1. The van der Waals surface area contributed by atoms with Crippen molar-refractivity contribution in [3.05, 3.63) is 15.6 Å². The zero-order valence-electron chi connectivity index (χ0n) is 11.9. The van der Waals surface area contributed by atoms with Gasteiger partial charge in [-0.25, -0.2) is 4.98 Å². The normalized spacial score (nSPS) is 21.7. The van der Waals surface area contributed by atoms with Crippen LogP contribution >= 0.6 is 11.3 Å². The van der Waals surface area contributed by atoms with Gasteiger partial charge in [0.25, 0.3) is 0 Å². The maximum atomic E-state index is 11.9. The number of hydrogen-bond acceptors (Lipinski definition) is 4. The van der Waals surface area contributed by atoms with E-state index in [-0.39, 0.29) is 5.91 Å². The van der Waals surface area contributed by atoms with Crippen LogP contribution in [0.5, 0.6) is 0 Å². The smallest absolute Gasteiger partial charge is 0.220 e. The molecule has 0 spiro atoms. The molecule has 1 saturated heterocycles. The number of carbonyl (C=O) groups is 1. The Kier molecular flexibility index (Phi) is 4.68. The van der Waals surface area contributed by atoms with Gasteiger partial charge in [-0.2, -0.15) is 0 Å². The minimum absolute atomic E-state index is 0.171. The number of aromatic nitrogens is 1. The van der Waals surface area contributed by atoms with Gasteiger partial charge in [-0.1, -0.05) is 0 Å². The Hall–Kier alpha value is -0.940. The Balaban J connectivity index is 1.41. The van der Waals surface area contributed by atoms with Crippen LogP contribution in [-0.4, -0.2) is 24.0 Å². The number of nitrogens with zero attached hydrogens (tertiary/aromatic N) is 1. The van der Waals surface area contributed by atoms with E-state index >= 15 is 0 Å². The van der Waals surface area contributed by atoms with Crippen molar-refractivity contribution in [1.82, 2.24) is 15.6 Å². The molecule has 0 aromatic carbocycles. The summed E-state index contributed by atoms with van der Waals surface area (Å²) < 4.78 is 0. The van der Waals surface area contributed by atoms with Crippen molar-refractivity contribution in [1.29, 1.82) is 0 Å². The van der Waals surface area contributed by atoms with Crippen LogP contribution in [-0.2, 0) is 24.2 Å². The second-order valence-corrected chi connectivity index (χ2v) is 7.03. The van der Waals surface area contributed by atoms with Gasteiger partial charge in [0.05, 0.1) is 12.2 Å². The molecule has 4 nitrogen and oxygen atoms in total. The second kappa shape index (κ2) is 6.68. The fourth-order valence-corrected chi connectivity index (χ4v) is 4.14. The van der Waals surface area contributed by atoms with Crippen LogP contribution < -0.4 is 10.6 Å². The largest absolute Gasteiger partial charge is 0.350 e. The Morgan fingerprint density at radius 3 is 3.10 bits per heavy atom. The summed E-state index contributed by atoms with van der Waals surface area (Å²) in [7, 11) is 0. The average molecular weight is 293 g/mol. The first-order valence-corrected chi connectivity index (χ1v) is 8.58. The molecule has 3 rings (SSSR count). The van der Waals surface area contributed by atoms with Gasteiger partial charge in [0.2, 0.25) is 5.91 Å². The van der Waals surface area contributed by atoms with Crippen molar-refractivity contribution in [3.63, 3.8) is 0 Å². The number of nitrogens with one attached hydrogen (secondary N) is 2. The highest BCUT2D eigenvalue weighted by molar-refractivity contribution is 7.11. The maximum absolute atomic E-state index is 11.9. The van der Waals surface area contributed by atoms with E-state index in [2.05, 4.69) is 15.6 Å². The van der Waals surface area contributed by atoms with Gasteiger partial charge in [0.1, 0.15) is 5.01 Å². The third-order valence-corrected chi connectivity index (χ3v) is 5.43. The molecule has 1 aliphatic carbocycles. The van der Waals surface area contributed by atoms with Gasteiger partial charge in [-0.3, -0.25) is 4.79 Å². The summed E-state index contributed by atoms with van der Waals surface area (Å²) in [6, 6.07) is 0. The monoisotopic (exact) mass is 293 g/mol. The highest BCUT2D eigenvalue weighted by atomic mass is 32.1. The molecule has 20 heavy (non-hydrogen) atoms. The summed E-state index contributed by atoms with van der Waals surface area (Å²) in [6.07, 6.45) is 7.72. The van der Waals surface area contributed by atoms with Crippen molar-refractivity contribution >= 4 is 17.2 Å². The lowest BCUT2D eigenvalue weighted by molar-refractivity contribution is -0.121. The van der Waals surface area contributed by atoms with Gasteiger partial charge < -0.3 is 10.6 Å². The number of hydrogen-bond donors (Lipinski definition) is 2. The Morgan fingerprint density at radius 2 is 2.30 bits per heavy atom. The summed E-state index contributed by atoms with van der Waals surface area (Å²) in [6.45, 7) is 2.79. The number of rotatable bonds is 5. The van der Waals surface area contributed by atoms with Crippen LogP contribution in [0.1, 0.15) is 47.7 Å². The molecule has 1 aromatic rings. The second-order valence-electron chi connectivity index (χ2n) is 5.86. The first-order chi connectivity index (χ1) is 9.81.